The fraction of sp³-hybridized carbons (Fsp3) is 0.364. The fourth-order valence-electron chi connectivity index (χ4n) is 1.26. The van der Waals surface area contributed by atoms with Crippen molar-refractivity contribution in [1.82, 2.24) is 0 Å². The average molecular weight is 271 g/mol. The maximum atomic E-state index is 11.4. The first-order valence-corrected chi connectivity index (χ1v) is 6.85. The summed E-state index contributed by atoms with van der Waals surface area (Å²) in [6, 6.07) is 6.23. The molecule has 1 aromatic carbocycles. The molecule has 0 aromatic heterocycles. The van der Waals surface area contributed by atoms with Crippen molar-refractivity contribution in [1.29, 1.82) is 0 Å². The van der Waals surface area contributed by atoms with Gasteiger partial charge in [0.05, 0.1) is 11.1 Å². The van der Waals surface area contributed by atoms with Crippen molar-refractivity contribution in [3.63, 3.8) is 0 Å². The molecule has 0 unspecified atom stereocenters. The molecule has 0 heterocycles. The SMILES string of the molecule is CC(C)(CNc1ccccc1S(N)(=O)=O)C(N)=O. The highest BCUT2D eigenvalue weighted by atomic mass is 32.2. The van der Waals surface area contributed by atoms with Crippen LogP contribution in [0.5, 0.6) is 0 Å². The molecule has 0 saturated heterocycles. The van der Waals surface area contributed by atoms with Crippen molar-refractivity contribution in [2.75, 3.05) is 11.9 Å². The second-order valence-electron chi connectivity index (χ2n) is 4.64. The summed E-state index contributed by atoms with van der Waals surface area (Å²) in [6.07, 6.45) is 0. The number of nitrogens with one attached hydrogen (secondary N) is 1. The number of sulfonamides is 1. The highest BCUT2D eigenvalue weighted by Crippen LogP contribution is 2.22. The Morgan fingerprint density at radius 2 is 1.89 bits per heavy atom. The first kappa shape index (κ1) is 14.5. The van der Waals surface area contributed by atoms with Gasteiger partial charge in [0, 0.05) is 6.54 Å². The molecule has 0 radical (unpaired) electrons. The highest BCUT2D eigenvalue weighted by molar-refractivity contribution is 7.89. The van der Waals surface area contributed by atoms with Crippen LogP contribution in [0.1, 0.15) is 13.8 Å². The van der Waals surface area contributed by atoms with Crippen LogP contribution in [-0.2, 0) is 14.8 Å². The zero-order valence-electron chi connectivity index (χ0n) is 10.3. The minimum absolute atomic E-state index is 0.00901. The standard InChI is InChI=1S/C11H17N3O3S/c1-11(2,10(12)15)7-14-8-5-3-4-6-9(8)18(13,16)17/h3-6,14H,7H2,1-2H3,(H2,12,15)(H2,13,16,17). The lowest BCUT2D eigenvalue weighted by atomic mass is 9.93. The Balaban J connectivity index is 2.97. The summed E-state index contributed by atoms with van der Waals surface area (Å²) >= 11 is 0. The van der Waals surface area contributed by atoms with E-state index in [1.807, 2.05) is 0 Å². The van der Waals surface area contributed by atoms with Crippen molar-refractivity contribution in [3.05, 3.63) is 24.3 Å². The summed E-state index contributed by atoms with van der Waals surface area (Å²) in [6.45, 7) is 3.55. The highest BCUT2D eigenvalue weighted by Gasteiger charge is 2.25. The number of rotatable bonds is 5. The molecule has 0 spiro atoms. The van der Waals surface area contributed by atoms with E-state index in [4.69, 9.17) is 10.9 Å². The quantitative estimate of drug-likeness (QED) is 0.712. The third-order valence-corrected chi connectivity index (χ3v) is 3.55. The van der Waals surface area contributed by atoms with Crippen LogP contribution in [0.4, 0.5) is 5.69 Å². The molecule has 1 rings (SSSR count). The lowest BCUT2D eigenvalue weighted by Gasteiger charge is -2.22. The molecule has 1 aromatic rings. The van der Waals surface area contributed by atoms with E-state index in [0.29, 0.717) is 5.69 Å². The van der Waals surface area contributed by atoms with Gasteiger partial charge in [0.25, 0.3) is 0 Å². The number of anilines is 1. The van der Waals surface area contributed by atoms with Crippen molar-refractivity contribution in [2.45, 2.75) is 18.7 Å². The van der Waals surface area contributed by atoms with Crippen LogP contribution < -0.4 is 16.2 Å². The van der Waals surface area contributed by atoms with Crippen LogP contribution in [0.25, 0.3) is 0 Å². The van der Waals surface area contributed by atoms with Crippen molar-refractivity contribution >= 4 is 21.6 Å². The number of hydrogen-bond donors (Lipinski definition) is 3. The molecular formula is C11H17N3O3S. The van der Waals surface area contributed by atoms with Gasteiger partial charge in [0.2, 0.25) is 15.9 Å². The number of primary amides is 1. The Kier molecular flexibility index (Phi) is 3.98. The van der Waals surface area contributed by atoms with E-state index < -0.39 is 21.3 Å². The topological polar surface area (TPSA) is 115 Å². The summed E-state index contributed by atoms with van der Waals surface area (Å²) in [5.74, 6) is -0.469. The number of amides is 1. The van der Waals surface area contributed by atoms with Crippen molar-refractivity contribution in [2.24, 2.45) is 16.3 Å². The molecule has 0 atom stereocenters. The number of primary sulfonamides is 1. The van der Waals surface area contributed by atoms with Crippen LogP contribution in [0, 0.1) is 5.41 Å². The summed E-state index contributed by atoms with van der Waals surface area (Å²) in [7, 11) is -3.80. The third-order valence-electron chi connectivity index (χ3n) is 2.58. The summed E-state index contributed by atoms with van der Waals surface area (Å²) < 4.78 is 22.7. The molecule has 100 valence electrons. The molecule has 5 N–H and O–H groups in total. The smallest absolute Gasteiger partial charge is 0.240 e. The van der Waals surface area contributed by atoms with E-state index in [-0.39, 0.29) is 11.4 Å². The Morgan fingerprint density at radius 1 is 1.33 bits per heavy atom. The minimum Gasteiger partial charge on any atom is -0.383 e. The second kappa shape index (κ2) is 4.95. The van der Waals surface area contributed by atoms with Gasteiger partial charge in [-0.15, -0.1) is 0 Å². The molecule has 0 aliphatic carbocycles. The van der Waals surface area contributed by atoms with Crippen LogP contribution in [-0.4, -0.2) is 20.9 Å². The van der Waals surface area contributed by atoms with Crippen molar-refractivity contribution < 1.29 is 13.2 Å². The van der Waals surface area contributed by atoms with Gasteiger partial charge in [0.1, 0.15) is 4.90 Å². The normalized spacial score (nSPS) is 12.2. The van der Waals surface area contributed by atoms with Crippen LogP contribution in [0.2, 0.25) is 0 Å². The number of nitrogens with two attached hydrogens (primary N) is 2. The van der Waals surface area contributed by atoms with E-state index in [2.05, 4.69) is 5.32 Å². The van der Waals surface area contributed by atoms with E-state index in [9.17, 15) is 13.2 Å². The predicted molar refractivity (Wildman–Crippen MR) is 69.3 cm³/mol. The van der Waals surface area contributed by atoms with Crippen LogP contribution in [0.3, 0.4) is 0 Å². The zero-order chi connectivity index (χ0) is 14.0. The largest absolute Gasteiger partial charge is 0.383 e. The van der Waals surface area contributed by atoms with Gasteiger partial charge in [-0.05, 0) is 26.0 Å². The maximum Gasteiger partial charge on any atom is 0.240 e. The summed E-state index contributed by atoms with van der Waals surface area (Å²) in [5, 5.41) is 7.98. The number of hydrogen-bond acceptors (Lipinski definition) is 4. The zero-order valence-corrected chi connectivity index (χ0v) is 11.1. The second-order valence-corrected chi connectivity index (χ2v) is 6.17. The summed E-state index contributed by atoms with van der Waals surface area (Å²) in [4.78, 5) is 11.2. The number of benzene rings is 1. The van der Waals surface area contributed by atoms with Gasteiger partial charge in [-0.2, -0.15) is 0 Å². The first-order chi connectivity index (χ1) is 8.14. The first-order valence-electron chi connectivity index (χ1n) is 5.30. The van der Waals surface area contributed by atoms with E-state index in [1.54, 1.807) is 32.0 Å². The lowest BCUT2D eigenvalue weighted by Crippen LogP contribution is -2.37. The van der Waals surface area contributed by atoms with Gasteiger partial charge in [0.15, 0.2) is 0 Å². The molecule has 7 heteroatoms. The molecular weight excluding hydrogens is 254 g/mol. The van der Waals surface area contributed by atoms with E-state index in [0.717, 1.165) is 0 Å². The Bertz CT molecular complexity index is 552. The average Bonchev–Trinajstić information content (AvgIpc) is 2.25. The van der Waals surface area contributed by atoms with Gasteiger partial charge in [-0.25, -0.2) is 13.6 Å². The number of carbonyl (C=O) groups is 1. The Hall–Kier alpha value is -1.60. The van der Waals surface area contributed by atoms with Gasteiger partial charge in [-0.1, -0.05) is 12.1 Å². The number of para-hydroxylation sites is 1. The third kappa shape index (κ3) is 3.44. The predicted octanol–water partition coefficient (Wildman–Crippen LogP) is 0.257. The molecule has 1 amide bonds. The van der Waals surface area contributed by atoms with Crippen LogP contribution >= 0.6 is 0 Å². The molecule has 18 heavy (non-hydrogen) atoms. The molecule has 0 aliphatic heterocycles. The van der Waals surface area contributed by atoms with E-state index >= 15 is 0 Å². The number of carbonyl (C=O) groups excluding carboxylic acids is 1. The maximum absolute atomic E-state index is 11.4. The molecule has 0 bridgehead atoms. The molecule has 0 saturated carbocycles. The van der Waals surface area contributed by atoms with Gasteiger partial charge in [-0.3, -0.25) is 4.79 Å². The molecule has 6 nitrogen and oxygen atoms in total. The molecule has 0 aliphatic rings. The van der Waals surface area contributed by atoms with Crippen LogP contribution in [0.15, 0.2) is 29.2 Å². The Labute approximate surface area is 106 Å². The van der Waals surface area contributed by atoms with Gasteiger partial charge < -0.3 is 11.1 Å². The fourth-order valence-corrected chi connectivity index (χ4v) is 1.98. The molecule has 0 fully saturated rings. The monoisotopic (exact) mass is 271 g/mol. The Morgan fingerprint density at radius 3 is 2.39 bits per heavy atom. The van der Waals surface area contributed by atoms with E-state index in [1.165, 1.54) is 6.07 Å². The summed E-state index contributed by atoms with van der Waals surface area (Å²) in [5.41, 5.74) is 4.81. The van der Waals surface area contributed by atoms with Gasteiger partial charge >= 0.3 is 0 Å². The lowest BCUT2D eigenvalue weighted by molar-refractivity contribution is -0.125. The minimum atomic E-state index is -3.80. The van der Waals surface area contributed by atoms with Crippen molar-refractivity contribution in [3.8, 4) is 0 Å².